The standard InChI is InChI=1S/C17H17NO3S.2C2H6/c1-13(19)15-7-4-8-17(11-15)22(20,21)18-10-9-14-5-2-3-6-16(14)12-18;2*1-2/h2-8,11H,9-10,12H2,1H3;2*1-2H3. The molecule has 3 rings (SSSR count). The van der Waals surface area contributed by atoms with Gasteiger partial charge in [-0.1, -0.05) is 64.1 Å². The van der Waals surface area contributed by atoms with Crippen LogP contribution in [0.3, 0.4) is 0 Å². The predicted molar refractivity (Wildman–Crippen MR) is 107 cm³/mol. The number of hydrogen-bond acceptors (Lipinski definition) is 3. The van der Waals surface area contributed by atoms with Crippen LogP contribution in [0.1, 0.15) is 56.1 Å². The maximum atomic E-state index is 12.8. The predicted octanol–water partition coefficient (Wildman–Crippen LogP) is 4.69. The van der Waals surface area contributed by atoms with Crippen LogP contribution in [0.15, 0.2) is 53.4 Å². The summed E-state index contributed by atoms with van der Waals surface area (Å²) in [6.45, 7) is 10.3. The Hall–Kier alpha value is -1.98. The minimum atomic E-state index is -3.58. The zero-order valence-electron chi connectivity index (χ0n) is 16.3. The van der Waals surface area contributed by atoms with E-state index < -0.39 is 10.0 Å². The molecule has 0 saturated heterocycles. The van der Waals surface area contributed by atoms with Gasteiger partial charge in [-0.05, 0) is 36.6 Å². The van der Waals surface area contributed by atoms with Crippen LogP contribution in [0.2, 0.25) is 0 Å². The highest BCUT2D eigenvalue weighted by molar-refractivity contribution is 7.89. The molecule has 0 N–H and O–H groups in total. The van der Waals surface area contributed by atoms with E-state index >= 15 is 0 Å². The molecular weight excluding hydrogens is 346 g/mol. The molecule has 0 aromatic heterocycles. The van der Waals surface area contributed by atoms with Gasteiger partial charge in [0.05, 0.1) is 4.90 Å². The van der Waals surface area contributed by atoms with Gasteiger partial charge in [-0.2, -0.15) is 4.31 Å². The number of sulfonamides is 1. The lowest BCUT2D eigenvalue weighted by Crippen LogP contribution is -2.36. The van der Waals surface area contributed by atoms with Crippen molar-refractivity contribution in [1.82, 2.24) is 4.31 Å². The van der Waals surface area contributed by atoms with E-state index in [4.69, 9.17) is 0 Å². The largest absolute Gasteiger partial charge is 0.295 e. The smallest absolute Gasteiger partial charge is 0.243 e. The first-order valence-corrected chi connectivity index (χ1v) is 10.6. The first kappa shape index (κ1) is 22.1. The lowest BCUT2D eigenvalue weighted by Gasteiger charge is -2.28. The monoisotopic (exact) mass is 375 g/mol. The molecule has 0 bridgehead atoms. The van der Waals surface area contributed by atoms with E-state index in [0.717, 1.165) is 5.56 Å². The van der Waals surface area contributed by atoms with Crippen molar-refractivity contribution in [3.8, 4) is 0 Å². The number of ketones is 1. The Morgan fingerprint density at radius 1 is 0.923 bits per heavy atom. The van der Waals surface area contributed by atoms with Crippen molar-refractivity contribution in [1.29, 1.82) is 0 Å². The van der Waals surface area contributed by atoms with Crippen molar-refractivity contribution in [3.05, 3.63) is 65.2 Å². The van der Waals surface area contributed by atoms with Crippen LogP contribution < -0.4 is 0 Å². The van der Waals surface area contributed by atoms with Crippen LogP contribution in [-0.2, 0) is 23.0 Å². The maximum absolute atomic E-state index is 12.8. The van der Waals surface area contributed by atoms with Crippen molar-refractivity contribution in [2.45, 2.75) is 52.5 Å². The third-order valence-corrected chi connectivity index (χ3v) is 5.82. The molecule has 26 heavy (non-hydrogen) atoms. The van der Waals surface area contributed by atoms with Crippen molar-refractivity contribution < 1.29 is 13.2 Å². The summed E-state index contributed by atoms with van der Waals surface area (Å²) in [5.41, 5.74) is 2.66. The van der Waals surface area contributed by atoms with E-state index in [1.807, 2.05) is 52.0 Å². The van der Waals surface area contributed by atoms with Crippen molar-refractivity contribution in [3.63, 3.8) is 0 Å². The molecule has 4 nitrogen and oxygen atoms in total. The molecule has 0 saturated carbocycles. The summed E-state index contributed by atoms with van der Waals surface area (Å²) in [6.07, 6.45) is 0.710. The van der Waals surface area contributed by atoms with Crippen LogP contribution in [0.5, 0.6) is 0 Å². The highest BCUT2D eigenvalue weighted by atomic mass is 32.2. The maximum Gasteiger partial charge on any atom is 0.243 e. The van der Waals surface area contributed by atoms with Crippen LogP contribution in [0.4, 0.5) is 0 Å². The number of fused-ring (bicyclic) bond motifs is 1. The minimum absolute atomic E-state index is 0.138. The molecule has 2 aromatic rings. The minimum Gasteiger partial charge on any atom is -0.295 e. The number of rotatable bonds is 3. The van der Waals surface area contributed by atoms with Gasteiger partial charge >= 0.3 is 0 Å². The van der Waals surface area contributed by atoms with E-state index in [-0.39, 0.29) is 10.7 Å². The Bertz CT molecular complexity index is 829. The van der Waals surface area contributed by atoms with Crippen molar-refractivity contribution >= 4 is 15.8 Å². The van der Waals surface area contributed by atoms with Gasteiger partial charge in [-0.25, -0.2) is 8.42 Å². The third-order valence-electron chi connectivity index (χ3n) is 3.97. The van der Waals surface area contributed by atoms with Gasteiger partial charge in [0.25, 0.3) is 0 Å². The number of nitrogens with zero attached hydrogens (tertiary/aromatic N) is 1. The van der Waals surface area contributed by atoms with Crippen molar-refractivity contribution in [2.24, 2.45) is 0 Å². The van der Waals surface area contributed by atoms with Gasteiger partial charge in [-0.3, -0.25) is 4.79 Å². The molecule has 0 atom stereocenters. The first-order chi connectivity index (χ1) is 12.5. The molecule has 1 aliphatic heterocycles. The highest BCUT2D eigenvalue weighted by Gasteiger charge is 2.28. The quantitative estimate of drug-likeness (QED) is 0.731. The highest BCUT2D eigenvalue weighted by Crippen LogP contribution is 2.25. The number of benzene rings is 2. The summed E-state index contributed by atoms with van der Waals surface area (Å²) in [7, 11) is -3.58. The van der Waals surface area contributed by atoms with Gasteiger partial charge < -0.3 is 0 Å². The molecule has 1 heterocycles. The Labute approximate surface area is 157 Å². The van der Waals surface area contributed by atoms with Gasteiger partial charge in [0.2, 0.25) is 10.0 Å². The van der Waals surface area contributed by atoms with E-state index in [9.17, 15) is 13.2 Å². The fourth-order valence-corrected chi connectivity index (χ4v) is 4.16. The average Bonchev–Trinajstić information content (AvgIpc) is 2.70. The second-order valence-corrected chi connectivity index (χ2v) is 7.38. The van der Waals surface area contributed by atoms with E-state index in [1.165, 1.54) is 22.9 Å². The van der Waals surface area contributed by atoms with Crippen LogP contribution in [0.25, 0.3) is 0 Å². The molecule has 5 heteroatoms. The summed E-state index contributed by atoms with van der Waals surface area (Å²) in [5.74, 6) is -0.138. The molecular formula is C21H29NO3S. The summed E-state index contributed by atoms with van der Waals surface area (Å²) < 4.78 is 27.1. The number of Topliss-reactive ketones (excluding diaryl/α,β-unsaturated/α-hetero) is 1. The Morgan fingerprint density at radius 3 is 2.15 bits per heavy atom. The zero-order chi connectivity index (χ0) is 19.7. The van der Waals surface area contributed by atoms with Gasteiger partial charge in [-0.15, -0.1) is 0 Å². The average molecular weight is 376 g/mol. The van der Waals surface area contributed by atoms with Crippen LogP contribution >= 0.6 is 0 Å². The molecule has 0 amide bonds. The Morgan fingerprint density at radius 2 is 1.54 bits per heavy atom. The van der Waals surface area contributed by atoms with Gasteiger partial charge in [0, 0.05) is 18.7 Å². The topological polar surface area (TPSA) is 54.5 Å². The van der Waals surface area contributed by atoms with E-state index in [0.29, 0.717) is 25.1 Å². The van der Waals surface area contributed by atoms with Gasteiger partial charge in [0.1, 0.15) is 0 Å². The number of carbonyl (C=O) groups excluding carboxylic acids is 1. The van der Waals surface area contributed by atoms with Crippen molar-refractivity contribution in [2.75, 3.05) is 6.54 Å². The normalized spacial score (nSPS) is 13.4. The van der Waals surface area contributed by atoms with E-state index in [2.05, 4.69) is 0 Å². The summed E-state index contributed by atoms with van der Waals surface area (Å²) in [5, 5.41) is 0. The molecule has 1 aliphatic rings. The number of hydrogen-bond donors (Lipinski definition) is 0. The lowest BCUT2D eigenvalue weighted by atomic mass is 10.0. The van der Waals surface area contributed by atoms with Crippen LogP contribution in [-0.4, -0.2) is 25.1 Å². The summed E-state index contributed by atoms with van der Waals surface area (Å²) in [6, 6.07) is 14.1. The zero-order valence-corrected chi connectivity index (χ0v) is 17.1. The molecule has 2 aromatic carbocycles. The summed E-state index contributed by atoms with van der Waals surface area (Å²) >= 11 is 0. The molecule has 142 valence electrons. The second kappa shape index (κ2) is 10.2. The Kier molecular flexibility index (Phi) is 8.69. The Balaban J connectivity index is 0.000000791. The molecule has 0 fully saturated rings. The molecule has 0 aliphatic carbocycles. The fraction of sp³-hybridized carbons (Fsp3) is 0.381. The van der Waals surface area contributed by atoms with Gasteiger partial charge in [0.15, 0.2) is 5.78 Å². The summed E-state index contributed by atoms with van der Waals surface area (Å²) in [4.78, 5) is 11.6. The number of carbonyl (C=O) groups is 1. The van der Waals surface area contributed by atoms with Crippen LogP contribution in [0, 0.1) is 0 Å². The van der Waals surface area contributed by atoms with E-state index in [1.54, 1.807) is 18.2 Å². The molecule has 0 unspecified atom stereocenters. The fourth-order valence-electron chi connectivity index (χ4n) is 2.70. The second-order valence-electron chi connectivity index (χ2n) is 5.44. The first-order valence-electron chi connectivity index (χ1n) is 9.16. The molecule has 0 spiro atoms. The lowest BCUT2D eigenvalue weighted by molar-refractivity contribution is 0.101. The third kappa shape index (κ3) is 5.02. The SMILES string of the molecule is CC.CC.CC(=O)c1cccc(S(=O)(=O)N2CCc3ccccc3C2)c1. The molecule has 0 radical (unpaired) electrons.